The van der Waals surface area contributed by atoms with E-state index in [0.717, 1.165) is 5.39 Å². The molecule has 5 nitrogen and oxygen atoms in total. The molecule has 17 heavy (non-hydrogen) atoms. The van der Waals surface area contributed by atoms with E-state index in [1.807, 2.05) is 13.8 Å². The molecule has 0 aliphatic rings. The summed E-state index contributed by atoms with van der Waals surface area (Å²) in [6.07, 6.45) is 1.45. The minimum Gasteiger partial charge on any atom is -0.508 e. The number of benzene rings is 1. The quantitative estimate of drug-likeness (QED) is 0.751. The molecule has 3 N–H and O–H groups in total. The van der Waals surface area contributed by atoms with Crippen LogP contribution in [-0.4, -0.2) is 26.2 Å². The van der Waals surface area contributed by atoms with E-state index in [2.05, 4.69) is 15.3 Å². The maximum Gasteiger partial charge on any atom is 0.137 e. The molecule has 90 valence electrons. The second-order valence-electron chi connectivity index (χ2n) is 4.18. The van der Waals surface area contributed by atoms with Crippen LogP contribution in [0.3, 0.4) is 0 Å². The summed E-state index contributed by atoms with van der Waals surface area (Å²) in [5, 5.41) is 22.8. The van der Waals surface area contributed by atoms with E-state index in [9.17, 15) is 5.11 Å². The van der Waals surface area contributed by atoms with Crippen LogP contribution in [0.4, 0.5) is 5.82 Å². The molecule has 0 amide bonds. The average molecular weight is 233 g/mol. The molecule has 0 aliphatic heterocycles. The van der Waals surface area contributed by atoms with Crippen molar-refractivity contribution in [3.05, 3.63) is 24.0 Å². The molecule has 0 aliphatic carbocycles. The lowest BCUT2D eigenvalue weighted by molar-refractivity contribution is 0.276. The van der Waals surface area contributed by atoms with E-state index in [-0.39, 0.29) is 18.4 Å². The fraction of sp³-hybridized carbons (Fsp3) is 0.333. The highest BCUT2D eigenvalue weighted by Crippen LogP contribution is 2.27. The molecule has 0 fully saturated rings. The van der Waals surface area contributed by atoms with Crippen molar-refractivity contribution in [3.8, 4) is 5.75 Å². The van der Waals surface area contributed by atoms with Crippen molar-refractivity contribution >= 4 is 16.7 Å². The van der Waals surface area contributed by atoms with Gasteiger partial charge in [-0.25, -0.2) is 9.97 Å². The van der Waals surface area contributed by atoms with Gasteiger partial charge in [-0.2, -0.15) is 0 Å². The molecule has 0 unspecified atom stereocenters. The van der Waals surface area contributed by atoms with Gasteiger partial charge in [0.2, 0.25) is 0 Å². The fourth-order valence-corrected chi connectivity index (χ4v) is 1.65. The summed E-state index contributed by atoms with van der Waals surface area (Å²) >= 11 is 0. The lowest BCUT2D eigenvalue weighted by Gasteiger charge is -2.12. The molecule has 1 heterocycles. The Kier molecular flexibility index (Phi) is 3.10. The predicted octanol–water partition coefficient (Wildman–Crippen LogP) is 1.65. The van der Waals surface area contributed by atoms with Crippen molar-refractivity contribution in [3.63, 3.8) is 0 Å². The van der Waals surface area contributed by atoms with Crippen LogP contribution in [-0.2, 0) is 6.61 Å². The molecule has 0 saturated carbocycles. The summed E-state index contributed by atoms with van der Waals surface area (Å²) in [5.41, 5.74) is 1.12. The molecule has 0 radical (unpaired) electrons. The number of hydrogen-bond acceptors (Lipinski definition) is 5. The predicted molar refractivity (Wildman–Crippen MR) is 65.9 cm³/mol. The summed E-state index contributed by atoms with van der Waals surface area (Å²) in [6, 6.07) is 3.49. The van der Waals surface area contributed by atoms with Gasteiger partial charge in [0.15, 0.2) is 0 Å². The van der Waals surface area contributed by atoms with Gasteiger partial charge < -0.3 is 15.5 Å². The Morgan fingerprint density at radius 2 is 2.06 bits per heavy atom. The highest BCUT2D eigenvalue weighted by molar-refractivity contribution is 5.90. The van der Waals surface area contributed by atoms with Crippen LogP contribution >= 0.6 is 0 Å². The average Bonchev–Trinajstić information content (AvgIpc) is 2.27. The second-order valence-corrected chi connectivity index (χ2v) is 4.18. The van der Waals surface area contributed by atoms with E-state index >= 15 is 0 Å². The SMILES string of the molecule is CC(C)Nc1ncnc2cc(O)c(CO)cc12. The number of aliphatic hydroxyl groups is 1. The van der Waals surface area contributed by atoms with Crippen LogP contribution in [0.1, 0.15) is 19.4 Å². The third-order valence-corrected chi connectivity index (χ3v) is 2.43. The number of aliphatic hydroxyl groups excluding tert-OH is 1. The second kappa shape index (κ2) is 4.55. The highest BCUT2D eigenvalue weighted by atomic mass is 16.3. The van der Waals surface area contributed by atoms with Crippen LogP contribution in [0.15, 0.2) is 18.5 Å². The molecule has 0 spiro atoms. The maximum absolute atomic E-state index is 9.64. The zero-order chi connectivity index (χ0) is 12.4. The van der Waals surface area contributed by atoms with Crippen LogP contribution in [0, 0.1) is 0 Å². The highest BCUT2D eigenvalue weighted by Gasteiger charge is 2.09. The van der Waals surface area contributed by atoms with E-state index < -0.39 is 0 Å². The molecule has 2 rings (SSSR count). The van der Waals surface area contributed by atoms with Gasteiger partial charge in [-0.1, -0.05) is 0 Å². The summed E-state index contributed by atoms with van der Waals surface area (Å²) in [4.78, 5) is 8.26. The van der Waals surface area contributed by atoms with Crippen molar-refractivity contribution in [1.29, 1.82) is 0 Å². The van der Waals surface area contributed by atoms with Gasteiger partial charge >= 0.3 is 0 Å². The first-order valence-electron chi connectivity index (χ1n) is 5.46. The minimum absolute atomic E-state index is 0.0502. The van der Waals surface area contributed by atoms with Crippen LogP contribution in [0.2, 0.25) is 0 Å². The number of anilines is 1. The van der Waals surface area contributed by atoms with Gasteiger partial charge in [-0.15, -0.1) is 0 Å². The minimum atomic E-state index is -0.211. The molecule has 1 aromatic heterocycles. The summed E-state index contributed by atoms with van der Waals surface area (Å²) in [5.74, 6) is 0.758. The van der Waals surface area contributed by atoms with Crippen molar-refractivity contribution in [2.24, 2.45) is 0 Å². The van der Waals surface area contributed by atoms with E-state index in [4.69, 9.17) is 5.11 Å². The number of aromatic hydroxyl groups is 1. The molecule has 0 saturated heterocycles. The number of fused-ring (bicyclic) bond motifs is 1. The molecular formula is C12H15N3O2. The van der Waals surface area contributed by atoms with E-state index in [1.54, 1.807) is 6.07 Å². The van der Waals surface area contributed by atoms with Gasteiger partial charge in [-0.3, -0.25) is 0 Å². The van der Waals surface area contributed by atoms with Crippen molar-refractivity contribution < 1.29 is 10.2 Å². The number of nitrogens with one attached hydrogen (secondary N) is 1. The number of rotatable bonds is 3. The lowest BCUT2D eigenvalue weighted by atomic mass is 10.1. The lowest BCUT2D eigenvalue weighted by Crippen LogP contribution is -2.11. The summed E-state index contributed by atoms with van der Waals surface area (Å²) < 4.78 is 0. The summed E-state index contributed by atoms with van der Waals surface area (Å²) in [6.45, 7) is 3.82. The zero-order valence-electron chi connectivity index (χ0n) is 9.81. The Morgan fingerprint density at radius 3 is 2.71 bits per heavy atom. The van der Waals surface area contributed by atoms with Crippen molar-refractivity contribution in [2.45, 2.75) is 26.5 Å². The van der Waals surface area contributed by atoms with Gasteiger partial charge in [-0.05, 0) is 19.9 Å². The van der Waals surface area contributed by atoms with Crippen LogP contribution < -0.4 is 5.32 Å². The smallest absolute Gasteiger partial charge is 0.137 e. The number of nitrogens with zero attached hydrogens (tertiary/aromatic N) is 2. The Hall–Kier alpha value is -1.88. The molecular weight excluding hydrogens is 218 g/mol. The van der Waals surface area contributed by atoms with Gasteiger partial charge in [0, 0.05) is 23.1 Å². The number of aromatic nitrogens is 2. The van der Waals surface area contributed by atoms with Crippen LogP contribution in [0.25, 0.3) is 10.9 Å². The van der Waals surface area contributed by atoms with Gasteiger partial charge in [0.1, 0.15) is 17.9 Å². The van der Waals surface area contributed by atoms with Crippen LogP contribution in [0.5, 0.6) is 5.75 Å². The number of phenols is 1. The fourth-order valence-electron chi connectivity index (χ4n) is 1.65. The summed E-state index contributed by atoms with van der Waals surface area (Å²) in [7, 11) is 0. The Labute approximate surface area is 99.2 Å². The normalized spacial score (nSPS) is 11.1. The first-order valence-corrected chi connectivity index (χ1v) is 5.46. The largest absolute Gasteiger partial charge is 0.508 e. The Balaban J connectivity index is 2.61. The Morgan fingerprint density at radius 1 is 1.29 bits per heavy atom. The molecule has 0 atom stereocenters. The van der Waals surface area contributed by atoms with E-state index in [1.165, 1.54) is 12.4 Å². The first-order chi connectivity index (χ1) is 8.11. The third-order valence-electron chi connectivity index (χ3n) is 2.43. The number of hydrogen-bond donors (Lipinski definition) is 3. The standard InChI is InChI=1S/C12H15N3O2/c1-7(2)15-12-9-3-8(5-16)11(17)4-10(9)13-6-14-12/h3-4,6-7,16-17H,5H2,1-2H3,(H,13,14,15). The molecule has 5 heteroatoms. The zero-order valence-corrected chi connectivity index (χ0v) is 9.81. The topological polar surface area (TPSA) is 78.3 Å². The van der Waals surface area contributed by atoms with Crippen molar-refractivity contribution in [2.75, 3.05) is 5.32 Å². The Bertz CT molecular complexity index is 541. The molecule has 1 aromatic carbocycles. The monoisotopic (exact) mass is 233 g/mol. The molecule has 2 aromatic rings. The third kappa shape index (κ3) is 2.29. The van der Waals surface area contributed by atoms with E-state index in [0.29, 0.717) is 16.9 Å². The maximum atomic E-state index is 9.64. The van der Waals surface area contributed by atoms with Gasteiger partial charge in [0.25, 0.3) is 0 Å². The van der Waals surface area contributed by atoms with Crippen molar-refractivity contribution in [1.82, 2.24) is 9.97 Å². The first kappa shape index (κ1) is 11.6. The molecule has 0 bridgehead atoms. The van der Waals surface area contributed by atoms with Gasteiger partial charge in [0.05, 0.1) is 12.1 Å².